The van der Waals surface area contributed by atoms with E-state index in [9.17, 15) is 9.59 Å². The Balaban J connectivity index is 1.91. The van der Waals surface area contributed by atoms with E-state index in [1.165, 1.54) is 10.1 Å². The van der Waals surface area contributed by atoms with Gasteiger partial charge in [0.25, 0.3) is 0 Å². The molecule has 6 heteroatoms. The van der Waals surface area contributed by atoms with E-state index in [-0.39, 0.29) is 5.97 Å². The molecule has 0 amide bonds. The number of carbonyl (C=O) groups is 2. The van der Waals surface area contributed by atoms with Gasteiger partial charge in [-0.1, -0.05) is 30.3 Å². The summed E-state index contributed by atoms with van der Waals surface area (Å²) in [6.07, 6.45) is 1.87. The van der Waals surface area contributed by atoms with Crippen LogP contribution in [0.3, 0.4) is 0 Å². The van der Waals surface area contributed by atoms with Crippen molar-refractivity contribution in [1.82, 2.24) is 9.47 Å². The minimum atomic E-state index is -0.601. The van der Waals surface area contributed by atoms with Gasteiger partial charge in [-0.25, -0.2) is 9.59 Å². The summed E-state index contributed by atoms with van der Waals surface area (Å²) in [6.45, 7) is 9.62. The fraction of sp³-hybridized carbons (Fsp3) is 0.417. The van der Waals surface area contributed by atoms with Crippen molar-refractivity contribution in [3.05, 3.63) is 65.5 Å². The number of ether oxygens (including phenoxy) is 2. The average molecular weight is 411 g/mol. The molecule has 1 aliphatic heterocycles. The molecule has 6 nitrogen and oxygen atoms in total. The summed E-state index contributed by atoms with van der Waals surface area (Å²) in [5, 5.41) is 0. The molecule has 2 aromatic rings. The zero-order valence-electron chi connectivity index (χ0n) is 18.2. The van der Waals surface area contributed by atoms with Crippen LogP contribution in [0.2, 0.25) is 0 Å². The highest BCUT2D eigenvalue weighted by atomic mass is 16.6. The standard InChI is InChI=1S/C24H30N2O4/c1-5-29-22(27)20-17-25(16-18-10-7-6-8-11-18)15-13-19(20)21-12-9-14-26(21)23(28)30-24(2,3)4/h6-12,14H,5,13,15-17H2,1-4H3. The first kappa shape index (κ1) is 21.8. The van der Waals surface area contributed by atoms with Crippen molar-refractivity contribution in [3.8, 4) is 0 Å². The lowest BCUT2D eigenvalue weighted by Gasteiger charge is -2.30. The van der Waals surface area contributed by atoms with Gasteiger partial charge in [0, 0.05) is 25.8 Å². The summed E-state index contributed by atoms with van der Waals surface area (Å²) >= 11 is 0. The van der Waals surface area contributed by atoms with Gasteiger partial charge in [0.05, 0.1) is 17.9 Å². The largest absolute Gasteiger partial charge is 0.463 e. The molecule has 0 bridgehead atoms. The van der Waals surface area contributed by atoms with Crippen molar-refractivity contribution < 1.29 is 19.1 Å². The summed E-state index contributed by atoms with van der Waals surface area (Å²) in [4.78, 5) is 27.7. The molecule has 3 rings (SSSR count). The fourth-order valence-electron chi connectivity index (χ4n) is 3.58. The van der Waals surface area contributed by atoms with Gasteiger partial charge >= 0.3 is 12.1 Å². The van der Waals surface area contributed by atoms with Crippen molar-refractivity contribution in [2.45, 2.75) is 46.3 Å². The summed E-state index contributed by atoms with van der Waals surface area (Å²) in [7, 11) is 0. The molecule has 0 unspecified atom stereocenters. The molecule has 0 radical (unpaired) electrons. The zero-order valence-corrected chi connectivity index (χ0v) is 18.2. The SMILES string of the molecule is CCOC(=O)C1=C(c2cccn2C(=O)OC(C)(C)C)CCN(Cc2ccccc2)C1. The van der Waals surface area contributed by atoms with Gasteiger partial charge in [-0.05, 0) is 57.4 Å². The van der Waals surface area contributed by atoms with Gasteiger partial charge in [0.1, 0.15) is 5.60 Å². The van der Waals surface area contributed by atoms with Crippen molar-refractivity contribution in [2.24, 2.45) is 0 Å². The van der Waals surface area contributed by atoms with Crippen LogP contribution >= 0.6 is 0 Å². The van der Waals surface area contributed by atoms with Crippen LogP contribution < -0.4 is 0 Å². The molecular weight excluding hydrogens is 380 g/mol. The molecule has 30 heavy (non-hydrogen) atoms. The van der Waals surface area contributed by atoms with Crippen molar-refractivity contribution in [3.63, 3.8) is 0 Å². The molecule has 1 aromatic carbocycles. The van der Waals surface area contributed by atoms with E-state index in [0.717, 1.165) is 18.7 Å². The highest BCUT2D eigenvalue weighted by Gasteiger charge is 2.29. The molecule has 2 heterocycles. The predicted octanol–water partition coefficient (Wildman–Crippen LogP) is 4.49. The Labute approximate surface area is 178 Å². The molecule has 0 saturated heterocycles. The molecule has 0 fully saturated rings. The molecule has 1 aliphatic rings. The Morgan fingerprint density at radius 1 is 1.07 bits per heavy atom. The van der Waals surface area contributed by atoms with Crippen LogP contribution in [0.15, 0.2) is 54.2 Å². The second kappa shape index (κ2) is 9.30. The lowest BCUT2D eigenvalue weighted by atomic mass is 9.96. The van der Waals surface area contributed by atoms with Crippen LogP contribution in [-0.2, 0) is 20.8 Å². The van der Waals surface area contributed by atoms with Crippen LogP contribution in [-0.4, -0.2) is 46.8 Å². The number of aromatic nitrogens is 1. The number of hydrogen-bond donors (Lipinski definition) is 0. The van der Waals surface area contributed by atoms with Gasteiger partial charge in [-0.3, -0.25) is 9.47 Å². The molecule has 0 saturated carbocycles. The second-order valence-corrected chi connectivity index (χ2v) is 8.37. The molecule has 0 spiro atoms. The maximum Gasteiger partial charge on any atom is 0.418 e. The van der Waals surface area contributed by atoms with Crippen LogP contribution in [0.1, 0.15) is 45.4 Å². The first-order valence-electron chi connectivity index (χ1n) is 10.3. The molecule has 160 valence electrons. The second-order valence-electron chi connectivity index (χ2n) is 8.37. The number of rotatable bonds is 5. The molecule has 0 atom stereocenters. The Morgan fingerprint density at radius 3 is 2.47 bits per heavy atom. The molecular formula is C24H30N2O4. The highest BCUT2D eigenvalue weighted by molar-refractivity contribution is 5.99. The number of nitrogens with zero attached hydrogens (tertiary/aromatic N) is 2. The quantitative estimate of drug-likeness (QED) is 0.680. The third-order valence-corrected chi connectivity index (χ3v) is 4.84. The lowest BCUT2D eigenvalue weighted by molar-refractivity contribution is -0.138. The van der Waals surface area contributed by atoms with E-state index in [4.69, 9.17) is 9.47 Å². The normalized spacial score (nSPS) is 15.2. The van der Waals surface area contributed by atoms with Crippen LogP contribution in [0, 0.1) is 0 Å². The van der Waals surface area contributed by atoms with E-state index in [2.05, 4.69) is 17.0 Å². The third-order valence-electron chi connectivity index (χ3n) is 4.84. The first-order valence-corrected chi connectivity index (χ1v) is 10.3. The smallest absolute Gasteiger partial charge is 0.418 e. The Hall–Kier alpha value is -2.86. The van der Waals surface area contributed by atoms with Crippen LogP contribution in [0.5, 0.6) is 0 Å². The van der Waals surface area contributed by atoms with Crippen molar-refractivity contribution in [1.29, 1.82) is 0 Å². The summed E-state index contributed by atoms with van der Waals surface area (Å²) in [5.74, 6) is -0.331. The number of hydrogen-bond acceptors (Lipinski definition) is 5. The monoisotopic (exact) mass is 410 g/mol. The highest BCUT2D eigenvalue weighted by Crippen LogP contribution is 2.30. The van der Waals surface area contributed by atoms with Crippen molar-refractivity contribution in [2.75, 3.05) is 19.7 Å². The number of carbonyl (C=O) groups excluding carboxylic acids is 2. The van der Waals surface area contributed by atoms with E-state index in [0.29, 0.717) is 30.8 Å². The van der Waals surface area contributed by atoms with Gasteiger partial charge in [0.2, 0.25) is 0 Å². The Morgan fingerprint density at radius 2 is 1.80 bits per heavy atom. The topological polar surface area (TPSA) is 60.8 Å². The maximum atomic E-state index is 12.8. The minimum absolute atomic E-state index is 0.307. The maximum absolute atomic E-state index is 12.8. The first-order chi connectivity index (χ1) is 14.3. The predicted molar refractivity (Wildman–Crippen MR) is 116 cm³/mol. The lowest BCUT2D eigenvalue weighted by Crippen LogP contribution is -2.35. The Bertz CT molecular complexity index is 922. The molecule has 0 N–H and O–H groups in total. The van der Waals surface area contributed by atoms with Crippen molar-refractivity contribution >= 4 is 17.6 Å². The van der Waals surface area contributed by atoms with E-state index < -0.39 is 11.7 Å². The summed E-state index contributed by atoms with van der Waals surface area (Å²) in [6, 6.07) is 13.8. The fourth-order valence-corrected chi connectivity index (χ4v) is 3.58. The number of esters is 1. The van der Waals surface area contributed by atoms with E-state index in [1.54, 1.807) is 19.2 Å². The molecule has 1 aromatic heterocycles. The third kappa shape index (κ3) is 5.39. The van der Waals surface area contributed by atoms with E-state index >= 15 is 0 Å². The van der Waals surface area contributed by atoms with Gasteiger partial charge in [0.15, 0.2) is 0 Å². The summed E-state index contributed by atoms with van der Waals surface area (Å²) < 4.78 is 12.4. The zero-order chi connectivity index (χ0) is 21.7. The summed E-state index contributed by atoms with van der Waals surface area (Å²) in [5.41, 5.74) is 2.72. The Kier molecular flexibility index (Phi) is 6.77. The van der Waals surface area contributed by atoms with Crippen LogP contribution in [0.25, 0.3) is 5.57 Å². The van der Waals surface area contributed by atoms with Gasteiger partial charge < -0.3 is 9.47 Å². The van der Waals surface area contributed by atoms with Gasteiger partial charge in [-0.15, -0.1) is 0 Å². The molecule has 0 aliphatic carbocycles. The van der Waals surface area contributed by atoms with Crippen LogP contribution in [0.4, 0.5) is 4.79 Å². The van der Waals surface area contributed by atoms with E-state index in [1.807, 2.05) is 45.0 Å². The average Bonchev–Trinajstić information content (AvgIpc) is 3.17. The minimum Gasteiger partial charge on any atom is -0.463 e. The number of benzene rings is 1. The van der Waals surface area contributed by atoms with Gasteiger partial charge in [-0.2, -0.15) is 0 Å².